The number of hydrogen-bond donors (Lipinski definition) is 1. The van der Waals surface area contributed by atoms with Gasteiger partial charge in [-0.15, -0.1) is 0 Å². The molecule has 0 radical (unpaired) electrons. The van der Waals surface area contributed by atoms with Crippen molar-refractivity contribution in [2.24, 2.45) is 0 Å². The van der Waals surface area contributed by atoms with Crippen molar-refractivity contribution in [3.05, 3.63) is 35.7 Å². The predicted molar refractivity (Wildman–Crippen MR) is 75.0 cm³/mol. The van der Waals surface area contributed by atoms with Crippen LogP contribution in [0.3, 0.4) is 0 Å². The number of nitrogens with zero attached hydrogens (tertiary/aromatic N) is 3. The van der Waals surface area contributed by atoms with Gasteiger partial charge in [0.05, 0.1) is 13.2 Å². The Morgan fingerprint density at radius 2 is 2.15 bits per heavy atom. The average Bonchev–Trinajstić information content (AvgIpc) is 3.09. The molecule has 0 bridgehead atoms. The Bertz CT molecular complexity index is 565. The molecule has 1 aromatic carbocycles. The molecular weight excluding hydrogens is 254 g/mol. The quantitative estimate of drug-likeness (QED) is 0.923. The molecule has 0 unspecified atom stereocenters. The van der Waals surface area contributed by atoms with E-state index in [1.807, 2.05) is 31.2 Å². The molecule has 5 nitrogen and oxygen atoms in total. The van der Waals surface area contributed by atoms with Gasteiger partial charge in [0.15, 0.2) is 0 Å². The minimum absolute atomic E-state index is 0.193. The Morgan fingerprint density at radius 3 is 2.90 bits per heavy atom. The summed E-state index contributed by atoms with van der Waals surface area (Å²) in [6.07, 6.45) is 2.15. The van der Waals surface area contributed by atoms with E-state index in [4.69, 9.17) is 4.52 Å². The summed E-state index contributed by atoms with van der Waals surface area (Å²) < 4.78 is 5.32. The third-order valence-electron chi connectivity index (χ3n) is 3.83. The summed E-state index contributed by atoms with van der Waals surface area (Å²) in [5.41, 5.74) is 2.17. The fraction of sp³-hybridized carbons (Fsp3) is 0.467. The lowest BCUT2D eigenvalue weighted by molar-refractivity contribution is 0.141. The fourth-order valence-electron chi connectivity index (χ4n) is 2.62. The second-order valence-electron chi connectivity index (χ2n) is 5.33. The van der Waals surface area contributed by atoms with E-state index in [2.05, 4.69) is 15.0 Å². The first-order valence-corrected chi connectivity index (χ1v) is 7.01. The highest BCUT2D eigenvalue weighted by Gasteiger charge is 2.25. The predicted octanol–water partition coefficient (Wildman–Crippen LogP) is 2.00. The molecule has 1 N–H and O–H groups in total. The molecule has 1 aliphatic rings. The first kappa shape index (κ1) is 13.3. The zero-order valence-corrected chi connectivity index (χ0v) is 11.6. The summed E-state index contributed by atoms with van der Waals surface area (Å²) in [7, 11) is 0. The molecule has 0 saturated carbocycles. The minimum atomic E-state index is 0.193. The highest BCUT2D eigenvalue weighted by molar-refractivity contribution is 5.54. The summed E-state index contributed by atoms with van der Waals surface area (Å²) >= 11 is 0. The van der Waals surface area contributed by atoms with Crippen molar-refractivity contribution in [3.63, 3.8) is 0 Å². The molecule has 2 heterocycles. The lowest BCUT2D eigenvalue weighted by atomic mass is 10.1. The molecule has 20 heavy (non-hydrogen) atoms. The van der Waals surface area contributed by atoms with Crippen LogP contribution in [0.4, 0.5) is 0 Å². The molecule has 1 fully saturated rings. The van der Waals surface area contributed by atoms with Gasteiger partial charge in [-0.1, -0.05) is 35.0 Å². The van der Waals surface area contributed by atoms with Crippen LogP contribution in [-0.2, 0) is 6.54 Å². The van der Waals surface area contributed by atoms with Crippen molar-refractivity contribution >= 4 is 0 Å². The lowest BCUT2D eigenvalue weighted by Gasteiger charge is -2.20. The number of hydrogen-bond acceptors (Lipinski definition) is 5. The first-order chi connectivity index (χ1) is 9.76. The van der Waals surface area contributed by atoms with Crippen molar-refractivity contribution in [2.45, 2.75) is 32.4 Å². The molecule has 5 heteroatoms. The molecule has 3 rings (SSSR count). The van der Waals surface area contributed by atoms with Gasteiger partial charge in [-0.25, -0.2) is 0 Å². The van der Waals surface area contributed by atoms with E-state index in [1.165, 1.54) is 5.56 Å². The third-order valence-corrected chi connectivity index (χ3v) is 3.83. The van der Waals surface area contributed by atoms with Crippen LogP contribution in [0.2, 0.25) is 0 Å². The van der Waals surface area contributed by atoms with Crippen LogP contribution in [0.15, 0.2) is 28.8 Å². The average molecular weight is 273 g/mol. The number of aromatic nitrogens is 2. The third kappa shape index (κ3) is 2.73. The molecular formula is C15H19N3O2. The second kappa shape index (κ2) is 5.73. The Hall–Kier alpha value is -1.72. The number of rotatable bonds is 4. The molecule has 1 saturated heterocycles. The Morgan fingerprint density at radius 1 is 1.35 bits per heavy atom. The van der Waals surface area contributed by atoms with Crippen molar-refractivity contribution in [1.82, 2.24) is 15.0 Å². The van der Waals surface area contributed by atoms with Crippen molar-refractivity contribution in [1.29, 1.82) is 0 Å². The van der Waals surface area contributed by atoms with Gasteiger partial charge >= 0.3 is 0 Å². The van der Waals surface area contributed by atoms with Crippen LogP contribution < -0.4 is 0 Å². The van der Waals surface area contributed by atoms with Crippen LogP contribution in [0, 0.1) is 6.92 Å². The van der Waals surface area contributed by atoms with E-state index in [0.29, 0.717) is 18.3 Å². The number of aliphatic hydroxyl groups excluding tert-OH is 1. The smallest absolute Gasteiger partial charge is 0.241 e. The topological polar surface area (TPSA) is 62.4 Å². The van der Waals surface area contributed by atoms with Gasteiger partial charge in [0.2, 0.25) is 11.7 Å². The molecule has 1 aliphatic heterocycles. The van der Waals surface area contributed by atoms with E-state index in [-0.39, 0.29) is 12.6 Å². The lowest BCUT2D eigenvalue weighted by Crippen LogP contribution is -2.31. The van der Waals surface area contributed by atoms with Gasteiger partial charge in [0.25, 0.3) is 0 Å². The standard InChI is InChI=1S/C15H19N3O2/c1-11-4-6-12(7-5-11)15-16-14(20-17-15)9-18-8-2-3-13(18)10-19/h4-7,13,19H,2-3,8-10H2,1H3/t13-/m0/s1. The minimum Gasteiger partial charge on any atom is -0.395 e. The molecule has 2 aromatic rings. The highest BCUT2D eigenvalue weighted by Crippen LogP contribution is 2.21. The second-order valence-corrected chi connectivity index (χ2v) is 5.33. The maximum Gasteiger partial charge on any atom is 0.241 e. The molecule has 0 amide bonds. The molecule has 0 aliphatic carbocycles. The zero-order valence-electron chi connectivity index (χ0n) is 11.6. The van der Waals surface area contributed by atoms with Gasteiger partial charge in [-0.05, 0) is 26.3 Å². The molecule has 1 atom stereocenters. The summed E-state index contributed by atoms with van der Waals surface area (Å²) in [6, 6.07) is 8.29. The van der Waals surface area contributed by atoms with Crippen molar-refractivity contribution in [2.75, 3.05) is 13.2 Å². The summed E-state index contributed by atoms with van der Waals surface area (Å²) in [5, 5.41) is 13.3. The number of benzene rings is 1. The number of aryl methyl sites for hydroxylation is 1. The van der Waals surface area contributed by atoms with E-state index >= 15 is 0 Å². The first-order valence-electron chi connectivity index (χ1n) is 7.01. The zero-order chi connectivity index (χ0) is 13.9. The maximum absolute atomic E-state index is 9.32. The van der Waals surface area contributed by atoms with Gasteiger partial charge in [-0.2, -0.15) is 4.98 Å². The molecule has 0 spiro atoms. The summed E-state index contributed by atoms with van der Waals surface area (Å²) in [5.74, 6) is 1.24. The van der Waals surface area contributed by atoms with Gasteiger partial charge in [0.1, 0.15) is 0 Å². The van der Waals surface area contributed by atoms with Crippen LogP contribution in [-0.4, -0.2) is 39.3 Å². The fourth-order valence-corrected chi connectivity index (χ4v) is 2.62. The van der Waals surface area contributed by atoms with E-state index in [0.717, 1.165) is 24.9 Å². The monoisotopic (exact) mass is 273 g/mol. The van der Waals surface area contributed by atoms with Crippen LogP contribution in [0.5, 0.6) is 0 Å². The van der Waals surface area contributed by atoms with Gasteiger partial charge in [0, 0.05) is 11.6 Å². The molecule has 106 valence electrons. The number of likely N-dealkylation sites (tertiary alicyclic amines) is 1. The van der Waals surface area contributed by atoms with Crippen molar-refractivity contribution in [3.8, 4) is 11.4 Å². The van der Waals surface area contributed by atoms with Crippen LogP contribution in [0.25, 0.3) is 11.4 Å². The normalized spacial score (nSPS) is 19.6. The van der Waals surface area contributed by atoms with Crippen LogP contribution >= 0.6 is 0 Å². The van der Waals surface area contributed by atoms with Gasteiger partial charge in [-0.3, -0.25) is 4.90 Å². The van der Waals surface area contributed by atoms with Gasteiger partial charge < -0.3 is 9.63 Å². The van der Waals surface area contributed by atoms with Crippen molar-refractivity contribution < 1.29 is 9.63 Å². The van der Waals surface area contributed by atoms with Crippen LogP contribution in [0.1, 0.15) is 24.3 Å². The Balaban J connectivity index is 1.72. The van der Waals surface area contributed by atoms with E-state index in [9.17, 15) is 5.11 Å². The Labute approximate surface area is 118 Å². The highest BCUT2D eigenvalue weighted by atomic mass is 16.5. The van der Waals surface area contributed by atoms with E-state index in [1.54, 1.807) is 0 Å². The maximum atomic E-state index is 9.32. The van der Waals surface area contributed by atoms with E-state index < -0.39 is 0 Å². The largest absolute Gasteiger partial charge is 0.395 e. The number of aliphatic hydroxyl groups is 1. The SMILES string of the molecule is Cc1ccc(-c2noc(CN3CCC[C@H]3CO)n2)cc1. The Kier molecular flexibility index (Phi) is 3.80. The summed E-state index contributed by atoms with van der Waals surface area (Å²) in [4.78, 5) is 6.64. The summed E-state index contributed by atoms with van der Waals surface area (Å²) in [6.45, 7) is 3.84. The molecule has 1 aromatic heterocycles.